The van der Waals surface area contributed by atoms with E-state index in [2.05, 4.69) is 4.72 Å². The SMILES string of the molecule is [B]S(=O)(=O)NCc1cc(C)c2c(c1)CCC(=O)N2CCC. The molecule has 0 saturated carbocycles. The van der Waals surface area contributed by atoms with Crippen molar-refractivity contribution < 1.29 is 13.2 Å². The summed E-state index contributed by atoms with van der Waals surface area (Å²) in [7, 11) is 1.25. The van der Waals surface area contributed by atoms with E-state index in [0.29, 0.717) is 19.4 Å². The molecular formula is C14H19BN2O3S. The highest BCUT2D eigenvalue weighted by molar-refractivity contribution is 8.10. The third kappa shape index (κ3) is 3.86. The Morgan fingerprint density at radius 1 is 1.33 bits per heavy atom. The maximum atomic E-state index is 12.1. The molecule has 0 fully saturated rings. The summed E-state index contributed by atoms with van der Waals surface area (Å²) in [5, 5.41) is 0. The topological polar surface area (TPSA) is 66.5 Å². The Morgan fingerprint density at radius 2 is 2.05 bits per heavy atom. The van der Waals surface area contributed by atoms with Gasteiger partial charge in [0.25, 0.3) is 7.12 Å². The number of fused-ring (bicyclic) bond motifs is 1. The van der Waals surface area contributed by atoms with Crippen LogP contribution in [-0.2, 0) is 27.6 Å². The van der Waals surface area contributed by atoms with Crippen molar-refractivity contribution in [2.75, 3.05) is 11.4 Å². The van der Waals surface area contributed by atoms with Crippen molar-refractivity contribution in [2.45, 2.75) is 39.7 Å². The van der Waals surface area contributed by atoms with Crippen molar-refractivity contribution >= 4 is 28.6 Å². The van der Waals surface area contributed by atoms with Gasteiger partial charge in [-0.3, -0.25) is 4.79 Å². The zero-order chi connectivity index (χ0) is 15.6. The second kappa shape index (κ2) is 6.19. The highest BCUT2D eigenvalue weighted by atomic mass is 32.2. The second-order valence-electron chi connectivity index (χ2n) is 5.33. The Bertz CT molecular complexity index is 658. The number of hydrogen-bond acceptors (Lipinski definition) is 3. The molecule has 5 nitrogen and oxygen atoms in total. The van der Waals surface area contributed by atoms with Gasteiger partial charge in [0.05, 0.1) is 0 Å². The van der Waals surface area contributed by atoms with Crippen molar-refractivity contribution in [3.63, 3.8) is 0 Å². The van der Waals surface area contributed by atoms with Gasteiger partial charge in [-0.1, -0.05) is 19.1 Å². The molecule has 1 N–H and O–H groups in total. The van der Waals surface area contributed by atoms with Crippen LogP contribution in [0.3, 0.4) is 0 Å². The number of hydrogen-bond donors (Lipinski definition) is 1. The van der Waals surface area contributed by atoms with E-state index in [1.807, 2.05) is 30.9 Å². The summed E-state index contributed by atoms with van der Waals surface area (Å²) in [4.78, 5) is 13.9. The zero-order valence-electron chi connectivity index (χ0n) is 12.3. The van der Waals surface area contributed by atoms with Gasteiger partial charge in [0, 0.05) is 25.2 Å². The molecule has 1 heterocycles. The summed E-state index contributed by atoms with van der Waals surface area (Å²) in [6.45, 7) is 4.86. The number of aryl methyl sites for hydroxylation is 2. The summed E-state index contributed by atoms with van der Waals surface area (Å²) in [6, 6.07) is 3.86. The molecule has 21 heavy (non-hydrogen) atoms. The van der Waals surface area contributed by atoms with Crippen LogP contribution in [0.1, 0.15) is 36.5 Å². The van der Waals surface area contributed by atoms with Gasteiger partial charge < -0.3 is 4.90 Å². The lowest BCUT2D eigenvalue weighted by Crippen LogP contribution is -2.36. The molecule has 0 saturated heterocycles. The summed E-state index contributed by atoms with van der Waals surface area (Å²) < 4.78 is 24.2. The summed E-state index contributed by atoms with van der Waals surface area (Å²) in [6.07, 6.45) is 2.09. The first-order valence-corrected chi connectivity index (χ1v) is 8.56. The van der Waals surface area contributed by atoms with Gasteiger partial charge in [-0.15, -0.1) is 0 Å². The number of benzene rings is 1. The summed E-state index contributed by atoms with van der Waals surface area (Å²) in [5.41, 5.74) is 3.91. The van der Waals surface area contributed by atoms with E-state index in [4.69, 9.17) is 7.12 Å². The Morgan fingerprint density at radius 3 is 2.67 bits per heavy atom. The van der Waals surface area contributed by atoms with Crippen LogP contribution >= 0.6 is 0 Å². The monoisotopic (exact) mass is 306 g/mol. The largest absolute Gasteiger partial charge is 0.312 e. The highest BCUT2D eigenvalue weighted by Gasteiger charge is 2.25. The van der Waals surface area contributed by atoms with Gasteiger partial charge in [0.1, 0.15) is 9.87 Å². The van der Waals surface area contributed by atoms with Crippen LogP contribution in [0.25, 0.3) is 0 Å². The molecule has 1 aromatic rings. The third-order valence-electron chi connectivity index (χ3n) is 3.54. The number of anilines is 1. The van der Waals surface area contributed by atoms with E-state index in [1.165, 1.54) is 0 Å². The van der Waals surface area contributed by atoms with E-state index in [-0.39, 0.29) is 12.5 Å². The molecule has 112 valence electrons. The van der Waals surface area contributed by atoms with Crippen LogP contribution < -0.4 is 9.62 Å². The lowest BCUT2D eigenvalue weighted by atomic mass is 9.95. The molecule has 1 amide bonds. The molecule has 0 aromatic heterocycles. The van der Waals surface area contributed by atoms with Crippen molar-refractivity contribution in [2.24, 2.45) is 0 Å². The fourth-order valence-corrected chi connectivity index (χ4v) is 3.13. The van der Waals surface area contributed by atoms with Gasteiger partial charge in [-0.25, -0.2) is 13.1 Å². The predicted octanol–water partition coefficient (Wildman–Crippen LogP) is 1.19. The molecular weight excluding hydrogens is 287 g/mol. The van der Waals surface area contributed by atoms with E-state index < -0.39 is 9.87 Å². The molecule has 0 aliphatic carbocycles. The standard InChI is InChI=1S/C14H19BN2O3S/c1-3-6-17-13(18)5-4-12-8-11(7-10(2)14(12)17)9-16-21(15,19)20/h7-8,16H,3-6,9H2,1-2H3. The molecule has 0 unspecified atom stereocenters. The maximum absolute atomic E-state index is 12.1. The molecule has 1 aromatic carbocycles. The summed E-state index contributed by atoms with van der Waals surface area (Å²) >= 11 is 0. The maximum Gasteiger partial charge on any atom is 0.277 e. The van der Waals surface area contributed by atoms with Crippen LogP contribution in [0.15, 0.2) is 12.1 Å². The molecule has 1 aliphatic heterocycles. The minimum atomic E-state index is -3.70. The molecule has 0 spiro atoms. The Hall–Kier alpha value is -1.34. The smallest absolute Gasteiger partial charge is 0.277 e. The first kappa shape index (κ1) is 16.0. The van der Waals surface area contributed by atoms with Crippen LogP contribution in [-0.4, -0.2) is 28.0 Å². The van der Waals surface area contributed by atoms with Gasteiger partial charge in [0.15, 0.2) is 0 Å². The van der Waals surface area contributed by atoms with E-state index >= 15 is 0 Å². The van der Waals surface area contributed by atoms with Gasteiger partial charge in [-0.05, 0) is 36.5 Å². The number of rotatable bonds is 5. The minimum absolute atomic E-state index is 0.155. The first-order valence-electron chi connectivity index (χ1n) is 7.02. The predicted molar refractivity (Wildman–Crippen MR) is 83.7 cm³/mol. The molecule has 0 bridgehead atoms. The van der Waals surface area contributed by atoms with E-state index in [0.717, 1.165) is 28.8 Å². The fourth-order valence-electron chi connectivity index (χ4n) is 2.76. The van der Waals surface area contributed by atoms with E-state index in [1.54, 1.807) is 0 Å². The zero-order valence-corrected chi connectivity index (χ0v) is 13.2. The fraction of sp³-hybridized carbons (Fsp3) is 0.500. The number of nitrogens with zero attached hydrogens (tertiary/aromatic N) is 1. The number of nitrogens with one attached hydrogen (secondary N) is 1. The van der Waals surface area contributed by atoms with Gasteiger partial charge >= 0.3 is 0 Å². The van der Waals surface area contributed by atoms with Crippen molar-refractivity contribution in [1.29, 1.82) is 0 Å². The van der Waals surface area contributed by atoms with Crippen molar-refractivity contribution in [3.05, 3.63) is 28.8 Å². The summed E-state index contributed by atoms with van der Waals surface area (Å²) in [5.74, 6) is 0.155. The molecule has 1 aliphatic rings. The van der Waals surface area contributed by atoms with E-state index in [9.17, 15) is 13.2 Å². The van der Waals surface area contributed by atoms with Crippen LogP contribution in [0, 0.1) is 6.92 Å². The quantitative estimate of drug-likeness (QED) is 0.831. The second-order valence-corrected chi connectivity index (χ2v) is 6.71. The van der Waals surface area contributed by atoms with Crippen LogP contribution in [0.5, 0.6) is 0 Å². The third-order valence-corrected chi connectivity index (χ3v) is 4.09. The first-order chi connectivity index (χ1) is 9.81. The van der Waals surface area contributed by atoms with Crippen LogP contribution in [0.4, 0.5) is 5.69 Å². The highest BCUT2D eigenvalue weighted by Crippen LogP contribution is 2.32. The molecule has 2 radical (unpaired) electrons. The normalized spacial score (nSPS) is 15.1. The average Bonchev–Trinajstić information content (AvgIpc) is 2.39. The number of carbonyl (C=O) groups is 1. The lowest BCUT2D eigenvalue weighted by molar-refractivity contribution is -0.118. The molecule has 0 atom stereocenters. The van der Waals surface area contributed by atoms with Crippen molar-refractivity contribution in [3.8, 4) is 0 Å². The molecule has 2 rings (SSSR count). The number of amides is 1. The minimum Gasteiger partial charge on any atom is -0.312 e. The lowest BCUT2D eigenvalue weighted by Gasteiger charge is -2.31. The van der Waals surface area contributed by atoms with Gasteiger partial charge in [0.2, 0.25) is 5.91 Å². The average molecular weight is 306 g/mol. The van der Waals surface area contributed by atoms with Crippen molar-refractivity contribution in [1.82, 2.24) is 4.72 Å². The molecule has 7 heteroatoms. The Balaban J connectivity index is 2.33. The Kier molecular flexibility index (Phi) is 4.73. The Labute approximate surface area is 127 Å². The van der Waals surface area contributed by atoms with Gasteiger partial charge in [-0.2, -0.15) is 0 Å². The van der Waals surface area contributed by atoms with Crippen LogP contribution in [0.2, 0.25) is 0 Å². The number of carbonyl (C=O) groups excluding carboxylic acids is 1.